The Morgan fingerprint density at radius 3 is 2.42 bits per heavy atom. The number of carbonyl (C=O) groups is 2. The van der Waals surface area contributed by atoms with Gasteiger partial charge in [-0.15, -0.1) is 0 Å². The van der Waals surface area contributed by atoms with Crippen LogP contribution in [0, 0.1) is 11.6 Å². The molecule has 134 valence electrons. The Bertz CT molecular complexity index is 589. The molecule has 1 aromatic carbocycles. The molecule has 0 aliphatic carbocycles. The summed E-state index contributed by atoms with van der Waals surface area (Å²) in [5.41, 5.74) is -1.76. The Balaban J connectivity index is 2.44. The Morgan fingerprint density at radius 1 is 1.21 bits per heavy atom. The Labute approximate surface area is 140 Å². The second-order valence-electron chi connectivity index (χ2n) is 6.25. The summed E-state index contributed by atoms with van der Waals surface area (Å²) in [4.78, 5) is 23.2. The molecule has 0 saturated heterocycles. The molecule has 0 heterocycles. The van der Waals surface area contributed by atoms with Gasteiger partial charge in [-0.2, -0.15) is 0 Å². The van der Waals surface area contributed by atoms with Crippen LogP contribution >= 0.6 is 0 Å². The van der Waals surface area contributed by atoms with E-state index in [4.69, 9.17) is 0 Å². The standard InChI is InChI=1S/C17H24F2N2O3/c1-11(2)21-16(23)6-4-5-15(22)20-10-17(3,24)13-8-7-12(18)9-14(13)19/h7-9,11,24H,4-6,10H2,1-3H3,(H,20,22)(H,21,23). The van der Waals surface area contributed by atoms with Crippen LogP contribution in [0.1, 0.15) is 45.6 Å². The number of hydrogen-bond acceptors (Lipinski definition) is 3. The van der Waals surface area contributed by atoms with Gasteiger partial charge in [0.1, 0.15) is 17.2 Å². The summed E-state index contributed by atoms with van der Waals surface area (Å²) >= 11 is 0. The molecule has 0 fully saturated rings. The molecule has 0 saturated carbocycles. The van der Waals surface area contributed by atoms with Crippen molar-refractivity contribution in [2.45, 2.75) is 51.7 Å². The largest absolute Gasteiger partial charge is 0.383 e. The zero-order chi connectivity index (χ0) is 18.3. The number of nitrogens with one attached hydrogen (secondary N) is 2. The minimum absolute atomic E-state index is 0.0482. The summed E-state index contributed by atoms with van der Waals surface area (Å²) in [6.07, 6.45) is 0.722. The van der Waals surface area contributed by atoms with Crippen LogP contribution < -0.4 is 10.6 Å². The molecule has 1 unspecified atom stereocenters. The van der Waals surface area contributed by atoms with Gasteiger partial charge in [-0.25, -0.2) is 8.78 Å². The van der Waals surface area contributed by atoms with Crippen LogP contribution in [-0.4, -0.2) is 29.5 Å². The smallest absolute Gasteiger partial charge is 0.220 e. The van der Waals surface area contributed by atoms with Gasteiger partial charge in [0.15, 0.2) is 0 Å². The molecule has 0 aliphatic rings. The Kier molecular flexibility index (Phi) is 7.28. The van der Waals surface area contributed by atoms with E-state index in [0.717, 1.165) is 12.1 Å². The summed E-state index contributed by atoms with van der Waals surface area (Å²) in [6.45, 7) is 4.81. The first-order chi connectivity index (χ1) is 11.1. The minimum Gasteiger partial charge on any atom is -0.383 e. The van der Waals surface area contributed by atoms with Crippen molar-refractivity contribution >= 4 is 11.8 Å². The maximum Gasteiger partial charge on any atom is 0.220 e. The molecule has 0 bridgehead atoms. The number of rotatable bonds is 8. The first-order valence-corrected chi connectivity index (χ1v) is 7.86. The lowest BCUT2D eigenvalue weighted by atomic mass is 9.95. The Hall–Kier alpha value is -2.02. The summed E-state index contributed by atoms with van der Waals surface area (Å²) in [7, 11) is 0. The van der Waals surface area contributed by atoms with E-state index in [0.29, 0.717) is 12.5 Å². The van der Waals surface area contributed by atoms with Crippen LogP contribution in [0.5, 0.6) is 0 Å². The summed E-state index contributed by atoms with van der Waals surface area (Å²) in [5, 5.41) is 15.5. The van der Waals surface area contributed by atoms with Crippen LogP contribution in [0.3, 0.4) is 0 Å². The van der Waals surface area contributed by atoms with E-state index >= 15 is 0 Å². The molecule has 0 spiro atoms. The highest BCUT2D eigenvalue weighted by Gasteiger charge is 2.27. The predicted octanol–water partition coefficient (Wildman–Crippen LogP) is 1.98. The molecule has 7 heteroatoms. The van der Waals surface area contributed by atoms with E-state index in [-0.39, 0.29) is 42.8 Å². The SMILES string of the molecule is CC(C)NC(=O)CCCC(=O)NCC(C)(O)c1ccc(F)cc1F. The van der Waals surface area contributed by atoms with E-state index in [1.807, 2.05) is 13.8 Å². The van der Waals surface area contributed by atoms with Crippen molar-refractivity contribution in [3.05, 3.63) is 35.4 Å². The number of carbonyl (C=O) groups excluding carboxylic acids is 2. The average Bonchev–Trinajstić information content (AvgIpc) is 2.44. The molecule has 3 N–H and O–H groups in total. The molecule has 0 radical (unpaired) electrons. The van der Waals surface area contributed by atoms with E-state index in [1.54, 1.807) is 0 Å². The summed E-state index contributed by atoms with van der Waals surface area (Å²) < 4.78 is 26.6. The van der Waals surface area contributed by atoms with Crippen molar-refractivity contribution in [3.8, 4) is 0 Å². The van der Waals surface area contributed by atoms with Crippen molar-refractivity contribution in [1.29, 1.82) is 0 Å². The molecule has 5 nitrogen and oxygen atoms in total. The van der Waals surface area contributed by atoms with Gasteiger partial charge in [-0.05, 0) is 33.3 Å². The molecule has 1 atom stereocenters. The molecule has 1 aromatic rings. The highest BCUT2D eigenvalue weighted by atomic mass is 19.1. The third-order valence-corrected chi connectivity index (χ3v) is 3.40. The minimum atomic E-state index is -1.66. The van der Waals surface area contributed by atoms with Crippen LogP contribution in [0.4, 0.5) is 8.78 Å². The number of hydrogen-bond donors (Lipinski definition) is 3. The number of benzene rings is 1. The van der Waals surface area contributed by atoms with Gasteiger partial charge in [0.2, 0.25) is 11.8 Å². The fourth-order valence-electron chi connectivity index (χ4n) is 2.18. The van der Waals surface area contributed by atoms with Gasteiger partial charge in [-0.1, -0.05) is 6.07 Å². The fourth-order valence-corrected chi connectivity index (χ4v) is 2.18. The zero-order valence-electron chi connectivity index (χ0n) is 14.2. The van der Waals surface area contributed by atoms with Gasteiger partial charge in [-0.3, -0.25) is 9.59 Å². The Morgan fingerprint density at radius 2 is 1.83 bits per heavy atom. The second kappa shape index (κ2) is 8.73. The highest BCUT2D eigenvalue weighted by Crippen LogP contribution is 2.23. The molecule has 0 aromatic heterocycles. The zero-order valence-corrected chi connectivity index (χ0v) is 14.2. The van der Waals surface area contributed by atoms with E-state index in [2.05, 4.69) is 10.6 Å². The fraction of sp³-hybridized carbons (Fsp3) is 0.529. The van der Waals surface area contributed by atoms with Crippen molar-refractivity contribution in [2.75, 3.05) is 6.54 Å². The molecular formula is C17H24F2N2O3. The number of amides is 2. The third kappa shape index (κ3) is 6.62. The first kappa shape index (κ1) is 20.0. The van der Waals surface area contributed by atoms with Gasteiger partial charge in [0.05, 0.1) is 6.54 Å². The normalized spacial score (nSPS) is 13.5. The summed E-state index contributed by atoms with van der Waals surface area (Å²) in [5.74, 6) is -2.09. The van der Waals surface area contributed by atoms with Crippen LogP contribution in [0.2, 0.25) is 0 Å². The lowest BCUT2D eigenvalue weighted by molar-refractivity contribution is -0.123. The topological polar surface area (TPSA) is 78.4 Å². The second-order valence-corrected chi connectivity index (χ2v) is 6.25. The highest BCUT2D eigenvalue weighted by molar-refractivity contribution is 5.79. The van der Waals surface area contributed by atoms with E-state index < -0.39 is 17.2 Å². The van der Waals surface area contributed by atoms with Gasteiger partial charge in [0, 0.05) is 30.5 Å². The van der Waals surface area contributed by atoms with Gasteiger partial charge in [0.25, 0.3) is 0 Å². The summed E-state index contributed by atoms with van der Waals surface area (Å²) in [6, 6.07) is 2.92. The lowest BCUT2D eigenvalue weighted by Crippen LogP contribution is -2.39. The van der Waals surface area contributed by atoms with Crippen LogP contribution in [-0.2, 0) is 15.2 Å². The maximum atomic E-state index is 13.7. The monoisotopic (exact) mass is 342 g/mol. The number of halogens is 2. The van der Waals surface area contributed by atoms with Crippen LogP contribution in [0.15, 0.2) is 18.2 Å². The van der Waals surface area contributed by atoms with Gasteiger partial charge < -0.3 is 15.7 Å². The molecule has 0 aliphatic heterocycles. The van der Waals surface area contributed by atoms with Crippen molar-refractivity contribution in [1.82, 2.24) is 10.6 Å². The predicted molar refractivity (Wildman–Crippen MR) is 86.1 cm³/mol. The molecule has 1 rings (SSSR count). The average molecular weight is 342 g/mol. The van der Waals surface area contributed by atoms with E-state index in [1.165, 1.54) is 6.92 Å². The number of aliphatic hydroxyl groups is 1. The van der Waals surface area contributed by atoms with Crippen LogP contribution in [0.25, 0.3) is 0 Å². The maximum absolute atomic E-state index is 13.7. The molecular weight excluding hydrogens is 318 g/mol. The lowest BCUT2D eigenvalue weighted by Gasteiger charge is -2.24. The van der Waals surface area contributed by atoms with Crippen molar-refractivity contribution < 1.29 is 23.5 Å². The van der Waals surface area contributed by atoms with Gasteiger partial charge >= 0.3 is 0 Å². The third-order valence-electron chi connectivity index (χ3n) is 3.40. The molecule has 2 amide bonds. The van der Waals surface area contributed by atoms with E-state index in [9.17, 15) is 23.5 Å². The van der Waals surface area contributed by atoms with Crippen molar-refractivity contribution in [2.24, 2.45) is 0 Å². The first-order valence-electron chi connectivity index (χ1n) is 7.86. The van der Waals surface area contributed by atoms with Crippen molar-refractivity contribution in [3.63, 3.8) is 0 Å². The molecule has 24 heavy (non-hydrogen) atoms. The quantitative estimate of drug-likeness (QED) is 0.676.